The second kappa shape index (κ2) is 9.98. The normalized spacial score (nSPS) is 17.6. The first-order valence-electron chi connectivity index (χ1n) is 10.3. The minimum absolute atomic E-state index is 0.180. The molecule has 0 bridgehead atoms. The van der Waals surface area contributed by atoms with Crippen molar-refractivity contribution in [1.29, 1.82) is 0 Å². The van der Waals surface area contributed by atoms with Crippen LogP contribution in [0.25, 0.3) is 0 Å². The Morgan fingerprint density at radius 2 is 1.80 bits per heavy atom. The zero-order chi connectivity index (χ0) is 21.6. The Kier molecular flexibility index (Phi) is 7.37. The van der Waals surface area contributed by atoms with E-state index in [1.165, 1.54) is 4.90 Å². The number of benzene rings is 2. The molecule has 30 heavy (non-hydrogen) atoms. The third-order valence-corrected chi connectivity index (χ3v) is 7.54. The van der Waals surface area contributed by atoms with Crippen LogP contribution in [-0.4, -0.2) is 44.5 Å². The van der Waals surface area contributed by atoms with Gasteiger partial charge in [0.1, 0.15) is 17.7 Å². The fourth-order valence-electron chi connectivity index (χ4n) is 3.80. The van der Waals surface area contributed by atoms with Crippen LogP contribution in [0, 0.1) is 0 Å². The van der Waals surface area contributed by atoms with Crippen molar-refractivity contribution in [2.24, 2.45) is 0 Å². The number of carbonyl (C=O) groups excluding carboxylic acids is 1. The third-order valence-electron chi connectivity index (χ3n) is 5.43. The first-order chi connectivity index (χ1) is 14.5. The molecule has 0 aliphatic carbocycles. The summed E-state index contributed by atoms with van der Waals surface area (Å²) in [5, 5.41) is -0.940. The van der Waals surface area contributed by atoms with E-state index in [1.54, 1.807) is 37.4 Å². The van der Waals surface area contributed by atoms with Gasteiger partial charge in [-0.25, -0.2) is 13.2 Å². The Morgan fingerprint density at radius 3 is 2.43 bits per heavy atom. The van der Waals surface area contributed by atoms with Gasteiger partial charge in [0.2, 0.25) is 0 Å². The highest BCUT2D eigenvalue weighted by Crippen LogP contribution is 2.30. The molecule has 1 fully saturated rings. The molecule has 7 heteroatoms. The smallest absolute Gasteiger partial charge is 0.411 e. The van der Waals surface area contributed by atoms with Crippen molar-refractivity contribution in [3.8, 4) is 5.75 Å². The van der Waals surface area contributed by atoms with Gasteiger partial charge in [0.05, 0.1) is 18.0 Å². The monoisotopic (exact) mass is 431 g/mol. The molecule has 162 valence electrons. The molecule has 2 aromatic rings. The van der Waals surface area contributed by atoms with Crippen molar-refractivity contribution < 1.29 is 22.7 Å². The topological polar surface area (TPSA) is 72.9 Å². The van der Waals surface area contributed by atoms with Crippen LogP contribution < -0.4 is 4.74 Å². The summed E-state index contributed by atoms with van der Waals surface area (Å²) in [6.45, 7) is 2.25. The minimum atomic E-state index is -3.73. The largest absolute Gasteiger partial charge is 0.497 e. The van der Waals surface area contributed by atoms with Crippen molar-refractivity contribution in [2.45, 2.75) is 55.3 Å². The van der Waals surface area contributed by atoms with E-state index in [0.717, 1.165) is 30.6 Å². The van der Waals surface area contributed by atoms with Crippen LogP contribution in [-0.2, 0) is 21.0 Å². The van der Waals surface area contributed by atoms with E-state index in [1.807, 2.05) is 24.3 Å². The highest BCUT2D eigenvalue weighted by atomic mass is 32.2. The molecule has 1 aliphatic heterocycles. The number of amides is 1. The summed E-state index contributed by atoms with van der Waals surface area (Å²) >= 11 is 0. The first kappa shape index (κ1) is 22.2. The summed E-state index contributed by atoms with van der Waals surface area (Å²) in [5.41, 5.74) is 0.994. The molecule has 1 aliphatic rings. The maximum Gasteiger partial charge on any atom is 0.411 e. The minimum Gasteiger partial charge on any atom is -0.497 e. The molecule has 1 unspecified atom stereocenters. The van der Waals surface area contributed by atoms with Crippen LogP contribution in [0.4, 0.5) is 4.79 Å². The lowest BCUT2D eigenvalue weighted by Crippen LogP contribution is -2.47. The molecule has 1 heterocycles. The highest BCUT2D eigenvalue weighted by Gasteiger charge is 2.44. The molecule has 0 spiro atoms. The molecule has 1 saturated heterocycles. The number of nitrogens with zero attached hydrogens (tertiary/aromatic N) is 1. The SMILES string of the molecule is CCCCCC(N1C(=O)OC[C@@H]1Cc1ccc(OC)cc1)S(=O)(=O)c1ccccc1. The second-order valence-corrected chi connectivity index (χ2v) is 9.60. The molecule has 1 amide bonds. The molecular formula is C23H29NO5S. The summed E-state index contributed by atoms with van der Waals surface area (Å²) in [5.74, 6) is 0.749. The number of sulfone groups is 1. The predicted molar refractivity (Wildman–Crippen MR) is 115 cm³/mol. The molecular weight excluding hydrogens is 402 g/mol. The average Bonchev–Trinajstić information content (AvgIpc) is 3.12. The Balaban J connectivity index is 1.89. The van der Waals surface area contributed by atoms with Crippen molar-refractivity contribution in [3.05, 3.63) is 60.2 Å². The number of hydrogen-bond acceptors (Lipinski definition) is 5. The van der Waals surface area contributed by atoms with Gasteiger partial charge in [-0.2, -0.15) is 0 Å². The highest BCUT2D eigenvalue weighted by molar-refractivity contribution is 7.92. The van der Waals surface area contributed by atoms with E-state index in [2.05, 4.69) is 6.92 Å². The quantitative estimate of drug-likeness (QED) is 0.520. The van der Waals surface area contributed by atoms with E-state index >= 15 is 0 Å². The van der Waals surface area contributed by atoms with E-state index in [-0.39, 0.29) is 17.5 Å². The molecule has 2 aromatic carbocycles. The number of cyclic esters (lactones) is 1. The van der Waals surface area contributed by atoms with Crippen molar-refractivity contribution >= 4 is 15.9 Å². The molecule has 0 aromatic heterocycles. The molecule has 0 N–H and O–H groups in total. The maximum absolute atomic E-state index is 13.5. The lowest BCUT2D eigenvalue weighted by molar-refractivity contribution is 0.152. The zero-order valence-electron chi connectivity index (χ0n) is 17.5. The first-order valence-corrected chi connectivity index (χ1v) is 11.9. The number of methoxy groups -OCH3 is 1. The van der Waals surface area contributed by atoms with Gasteiger partial charge in [-0.05, 0) is 42.7 Å². The summed E-state index contributed by atoms with van der Waals surface area (Å²) in [6, 6.07) is 15.6. The Morgan fingerprint density at radius 1 is 1.10 bits per heavy atom. The van der Waals surface area contributed by atoms with Gasteiger partial charge >= 0.3 is 6.09 Å². The van der Waals surface area contributed by atoms with Gasteiger partial charge in [0, 0.05) is 0 Å². The predicted octanol–water partition coefficient (Wildman–Crippen LogP) is 4.44. The van der Waals surface area contributed by atoms with Crippen molar-refractivity contribution in [2.75, 3.05) is 13.7 Å². The van der Waals surface area contributed by atoms with Crippen LogP contribution in [0.5, 0.6) is 5.75 Å². The Bertz CT molecular complexity index is 928. The third kappa shape index (κ3) is 4.95. The molecule has 0 radical (unpaired) electrons. The second-order valence-electron chi connectivity index (χ2n) is 7.50. The van der Waals surface area contributed by atoms with Gasteiger partial charge < -0.3 is 9.47 Å². The summed E-state index contributed by atoms with van der Waals surface area (Å²) in [6.07, 6.45) is 2.95. The van der Waals surface area contributed by atoms with Crippen LogP contribution >= 0.6 is 0 Å². The molecule has 2 atom stereocenters. The molecule has 3 rings (SSSR count). The van der Waals surface area contributed by atoms with Gasteiger partial charge in [0.15, 0.2) is 9.84 Å². The van der Waals surface area contributed by atoms with Gasteiger partial charge in [0.25, 0.3) is 0 Å². The molecule has 6 nitrogen and oxygen atoms in total. The standard InChI is InChI=1S/C23H29NO5S/c1-3-4-6-11-22(30(26,27)21-9-7-5-8-10-21)24-19(17-29-23(24)25)16-18-12-14-20(28-2)15-13-18/h5,7-10,12-15,19,22H,3-4,6,11,16-17H2,1-2H3/t19-,22?/m0/s1. The van der Waals surface area contributed by atoms with Gasteiger partial charge in [-0.15, -0.1) is 0 Å². The lowest BCUT2D eigenvalue weighted by Gasteiger charge is -2.30. The number of carbonyl (C=O) groups is 1. The number of ether oxygens (including phenoxy) is 2. The number of rotatable bonds is 10. The van der Waals surface area contributed by atoms with Crippen molar-refractivity contribution in [1.82, 2.24) is 4.90 Å². The fourth-order valence-corrected chi connectivity index (χ4v) is 5.68. The maximum atomic E-state index is 13.5. The summed E-state index contributed by atoms with van der Waals surface area (Å²) < 4.78 is 37.5. The van der Waals surface area contributed by atoms with Crippen LogP contribution in [0.1, 0.15) is 38.2 Å². The van der Waals surface area contributed by atoms with Crippen molar-refractivity contribution in [3.63, 3.8) is 0 Å². The van der Waals surface area contributed by atoms with E-state index in [0.29, 0.717) is 12.8 Å². The Hall–Kier alpha value is -2.54. The van der Waals surface area contributed by atoms with E-state index in [4.69, 9.17) is 9.47 Å². The van der Waals surface area contributed by atoms with Crippen LogP contribution in [0.2, 0.25) is 0 Å². The lowest BCUT2D eigenvalue weighted by atomic mass is 10.1. The Labute approximate surface area is 178 Å². The van der Waals surface area contributed by atoms with E-state index < -0.39 is 21.3 Å². The zero-order valence-corrected chi connectivity index (χ0v) is 18.3. The number of unbranched alkanes of at least 4 members (excludes halogenated alkanes) is 2. The summed E-state index contributed by atoms with van der Waals surface area (Å²) in [7, 11) is -2.12. The molecule has 0 saturated carbocycles. The van der Waals surface area contributed by atoms with Gasteiger partial charge in [-0.3, -0.25) is 4.90 Å². The van der Waals surface area contributed by atoms with E-state index in [9.17, 15) is 13.2 Å². The fraction of sp³-hybridized carbons (Fsp3) is 0.435. The number of hydrogen-bond donors (Lipinski definition) is 0. The van der Waals surface area contributed by atoms with Crippen LogP contribution in [0.15, 0.2) is 59.5 Å². The average molecular weight is 432 g/mol. The summed E-state index contributed by atoms with van der Waals surface area (Å²) in [4.78, 5) is 14.3. The van der Waals surface area contributed by atoms with Gasteiger partial charge in [-0.1, -0.05) is 56.5 Å². The van der Waals surface area contributed by atoms with Crippen LogP contribution in [0.3, 0.4) is 0 Å².